The van der Waals surface area contributed by atoms with Gasteiger partial charge >= 0.3 is 0 Å². The predicted octanol–water partition coefficient (Wildman–Crippen LogP) is 0.837. The Kier molecular flexibility index (Phi) is 3.46. The number of nitrogens with zero attached hydrogens (tertiary/aromatic N) is 1. The van der Waals surface area contributed by atoms with E-state index >= 15 is 0 Å². The summed E-state index contributed by atoms with van der Waals surface area (Å²) >= 11 is 0. The molecule has 2 rings (SSSR count). The van der Waals surface area contributed by atoms with Gasteiger partial charge in [0.15, 0.2) is 5.79 Å². The van der Waals surface area contributed by atoms with Crippen LogP contribution in [-0.4, -0.2) is 40.0 Å². The predicted molar refractivity (Wildman–Crippen MR) is 61.8 cm³/mol. The Morgan fingerprint density at radius 2 is 2.00 bits per heavy atom. The van der Waals surface area contributed by atoms with E-state index in [1.165, 1.54) is 0 Å². The van der Waals surface area contributed by atoms with Crippen molar-refractivity contribution in [3.05, 3.63) is 17.0 Å². The molecular weight excluding hydrogens is 238 g/mol. The van der Waals surface area contributed by atoms with Crippen molar-refractivity contribution in [1.82, 2.24) is 5.16 Å². The van der Waals surface area contributed by atoms with Crippen molar-refractivity contribution in [3.63, 3.8) is 0 Å². The van der Waals surface area contributed by atoms with Gasteiger partial charge in [-0.15, -0.1) is 0 Å². The molecule has 1 aromatic rings. The number of aliphatic hydroxyl groups is 2. The normalized spacial score (nSPS) is 26.2. The van der Waals surface area contributed by atoms with Crippen LogP contribution in [-0.2, 0) is 9.47 Å². The average molecular weight is 257 g/mol. The largest absolute Gasteiger partial charge is 0.387 e. The molecule has 6 heteroatoms. The molecule has 0 spiro atoms. The Morgan fingerprint density at radius 1 is 1.33 bits per heavy atom. The minimum absolute atomic E-state index is 0.245. The summed E-state index contributed by atoms with van der Waals surface area (Å²) in [5, 5.41) is 24.1. The SMILES string of the molecule is Cc1noc(C)c1[C@H](O)[C@H](O)[C@H]1COC(C)(C)O1. The molecule has 2 N–H and O–H groups in total. The lowest BCUT2D eigenvalue weighted by molar-refractivity contribution is -0.160. The lowest BCUT2D eigenvalue weighted by Crippen LogP contribution is -2.35. The maximum Gasteiger partial charge on any atom is 0.163 e. The second-order valence-electron chi connectivity index (χ2n) is 5.04. The number of hydrogen-bond donors (Lipinski definition) is 2. The number of ether oxygens (including phenoxy) is 2. The lowest BCUT2D eigenvalue weighted by atomic mass is 9.99. The van der Waals surface area contributed by atoms with Gasteiger partial charge in [-0.1, -0.05) is 5.16 Å². The molecule has 6 nitrogen and oxygen atoms in total. The van der Waals surface area contributed by atoms with Crippen LogP contribution < -0.4 is 0 Å². The fourth-order valence-corrected chi connectivity index (χ4v) is 2.17. The Labute approximate surface area is 105 Å². The van der Waals surface area contributed by atoms with Gasteiger partial charge < -0.3 is 24.2 Å². The first-order valence-corrected chi connectivity index (χ1v) is 5.92. The summed E-state index contributed by atoms with van der Waals surface area (Å²) in [5.41, 5.74) is 1.08. The Hall–Kier alpha value is -0.950. The number of aliphatic hydroxyl groups excluding tert-OH is 2. The summed E-state index contributed by atoms with van der Waals surface area (Å²) in [5.74, 6) is -0.235. The highest BCUT2D eigenvalue weighted by Gasteiger charge is 2.40. The third-order valence-electron chi connectivity index (χ3n) is 3.12. The second kappa shape index (κ2) is 4.62. The van der Waals surface area contributed by atoms with E-state index in [1.807, 2.05) is 0 Å². The van der Waals surface area contributed by atoms with E-state index in [9.17, 15) is 10.2 Å². The van der Waals surface area contributed by atoms with Crippen molar-refractivity contribution in [3.8, 4) is 0 Å². The van der Waals surface area contributed by atoms with Crippen LogP contribution in [0.2, 0.25) is 0 Å². The van der Waals surface area contributed by atoms with Crippen molar-refractivity contribution < 1.29 is 24.2 Å². The van der Waals surface area contributed by atoms with Crippen LogP contribution in [0.1, 0.15) is 37.0 Å². The van der Waals surface area contributed by atoms with Gasteiger partial charge in [0.05, 0.1) is 12.3 Å². The molecule has 0 amide bonds. The molecule has 0 unspecified atom stereocenters. The van der Waals surface area contributed by atoms with Crippen LogP contribution in [0.4, 0.5) is 0 Å². The zero-order chi connectivity index (χ0) is 13.5. The highest BCUT2D eigenvalue weighted by atomic mass is 16.7. The number of rotatable bonds is 3. The molecule has 1 fully saturated rings. The van der Waals surface area contributed by atoms with Gasteiger partial charge in [0.25, 0.3) is 0 Å². The van der Waals surface area contributed by atoms with E-state index in [4.69, 9.17) is 14.0 Å². The Bertz CT molecular complexity index is 409. The van der Waals surface area contributed by atoms with Crippen molar-refractivity contribution in [1.29, 1.82) is 0 Å². The van der Waals surface area contributed by atoms with Crippen molar-refractivity contribution in [2.45, 2.75) is 51.8 Å². The molecule has 18 heavy (non-hydrogen) atoms. The Morgan fingerprint density at radius 3 is 2.44 bits per heavy atom. The standard InChI is InChI=1S/C12H19NO5/c1-6-9(7(2)18-13-6)11(15)10(14)8-5-16-12(3,4)17-8/h8,10-11,14-15H,5H2,1-4H3/t8-,10-,11+/m1/s1. The van der Waals surface area contributed by atoms with Crippen LogP contribution >= 0.6 is 0 Å². The van der Waals surface area contributed by atoms with E-state index in [0.717, 1.165) is 0 Å². The second-order valence-corrected chi connectivity index (χ2v) is 5.04. The van der Waals surface area contributed by atoms with E-state index in [-0.39, 0.29) is 6.61 Å². The van der Waals surface area contributed by atoms with Gasteiger partial charge in [-0.05, 0) is 27.7 Å². The third kappa shape index (κ3) is 2.42. The number of hydrogen-bond acceptors (Lipinski definition) is 6. The maximum atomic E-state index is 10.2. The third-order valence-corrected chi connectivity index (χ3v) is 3.12. The molecule has 0 saturated carbocycles. The molecule has 0 aromatic carbocycles. The molecular formula is C12H19NO5. The molecule has 3 atom stereocenters. The van der Waals surface area contributed by atoms with Crippen LogP contribution in [0.3, 0.4) is 0 Å². The smallest absolute Gasteiger partial charge is 0.163 e. The molecule has 1 aliphatic rings. The highest BCUT2D eigenvalue weighted by Crippen LogP contribution is 2.31. The summed E-state index contributed by atoms with van der Waals surface area (Å²) in [6.07, 6.45) is -2.74. The van der Waals surface area contributed by atoms with E-state index < -0.39 is 24.1 Å². The minimum atomic E-state index is -1.10. The first kappa shape index (κ1) is 13.5. The number of aryl methyl sites for hydroxylation is 2. The molecule has 0 aliphatic carbocycles. The first-order chi connectivity index (χ1) is 8.32. The molecule has 1 saturated heterocycles. The van der Waals surface area contributed by atoms with E-state index in [2.05, 4.69) is 5.16 Å². The van der Waals surface area contributed by atoms with Crippen LogP contribution in [0.25, 0.3) is 0 Å². The lowest BCUT2D eigenvalue weighted by Gasteiger charge is -2.24. The van der Waals surface area contributed by atoms with Gasteiger partial charge in [0.1, 0.15) is 24.1 Å². The van der Waals surface area contributed by atoms with Gasteiger partial charge in [0.2, 0.25) is 0 Å². The van der Waals surface area contributed by atoms with Crippen molar-refractivity contribution >= 4 is 0 Å². The fourth-order valence-electron chi connectivity index (χ4n) is 2.17. The van der Waals surface area contributed by atoms with Crippen LogP contribution in [0.5, 0.6) is 0 Å². The first-order valence-electron chi connectivity index (χ1n) is 5.92. The van der Waals surface area contributed by atoms with Crippen molar-refractivity contribution in [2.24, 2.45) is 0 Å². The minimum Gasteiger partial charge on any atom is -0.387 e. The van der Waals surface area contributed by atoms with Crippen molar-refractivity contribution in [2.75, 3.05) is 6.61 Å². The quantitative estimate of drug-likeness (QED) is 0.834. The molecule has 0 bridgehead atoms. The summed E-state index contributed by atoms with van der Waals surface area (Å²) in [6.45, 7) is 7.19. The molecule has 1 aliphatic heterocycles. The van der Waals surface area contributed by atoms with E-state index in [1.54, 1.807) is 27.7 Å². The van der Waals surface area contributed by atoms with Crippen LogP contribution in [0.15, 0.2) is 4.52 Å². The fraction of sp³-hybridized carbons (Fsp3) is 0.750. The Balaban J connectivity index is 2.12. The van der Waals surface area contributed by atoms with Crippen LogP contribution in [0, 0.1) is 13.8 Å². The topological polar surface area (TPSA) is 85.0 Å². The van der Waals surface area contributed by atoms with E-state index in [0.29, 0.717) is 17.0 Å². The molecule has 2 heterocycles. The molecule has 1 aromatic heterocycles. The molecule has 102 valence electrons. The summed E-state index contributed by atoms with van der Waals surface area (Å²) < 4.78 is 15.9. The molecule has 0 radical (unpaired) electrons. The summed E-state index contributed by atoms with van der Waals surface area (Å²) in [6, 6.07) is 0. The van der Waals surface area contributed by atoms with Gasteiger partial charge in [-0.25, -0.2) is 0 Å². The van der Waals surface area contributed by atoms with Gasteiger partial charge in [0, 0.05) is 5.56 Å². The summed E-state index contributed by atoms with van der Waals surface area (Å²) in [4.78, 5) is 0. The number of aromatic nitrogens is 1. The monoisotopic (exact) mass is 257 g/mol. The summed E-state index contributed by atoms with van der Waals surface area (Å²) in [7, 11) is 0. The highest BCUT2D eigenvalue weighted by molar-refractivity contribution is 5.24. The van der Waals surface area contributed by atoms with Gasteiger partial charge in [-0.2, -0.15) is 0 Å². The zero-order valence-electron chi connectivity index (χ0n) is 11.0. The van der Waals surface area contributed by atoms with Gasteiger partial charge in [-0.3, -0.25) is 0 Å². The maximum absolute atomic E-state index is 10.2. The zero-order valence-corrected chi connectivity index (χ0v) is 11.0. The average Bonchev–Trinajstić information content (AvgIpc) is 2.80.